The summed E-state index contributed by atoms with van der Waals surface area (Å²) >= 11 is 5.80. The van der Waals surface area contributed by atoms with Crippen molar-refractivity contribution < 1.29 is 4.39 Å². The molecule has 2 rings (SSSR count). The summed E-state index contributed by atoms with van der Waals surface area (Å²) in [4.78, 5) is 3.78. The average molecular weight is 215 g/mol. The van der Waals surface area contributed by atoms with E-state index in [2.05, 4.69) is 10.3 Å². The van der Waals surface area contributed by atoms with Crippen LogP contribution in [0.1, 0.15) is 18.4 Å². The van der Waals surface area contributed by atoms with E-state index in [1.807, 2.05) is 0 Å². The van der Waals surface area contributed by atoms with Crippen LogP contribution in [0.5, 0.6) is 0 Å². The average Bonchev–Trinajstić information content (AvgIpc) is 2.96. The highest BCUT2D eigenvalue weighted by Gasteiger charge is 2.40. The number of aromatic nitrogens is 1. The first kappa shape index (κ1) is 9.87. The summed E-state index contributed by atoms with van der Waals surface area (Å²) < 4.78 is 12.8. The molecule has 2 nitrogen and oxygen atoms in total. The highest BCUT2D eigenvalue weighted by molar-refractivity contribution is 6.18. The Morgan fingerprint density at radius 1 is 1.50 bits per heavy atom. The van der Waals surface area contributed by atoms with Crippen molar-refractivity contribution in [2.45, 2.75) is 24.9 Å². The Hall–Kier alpha value is -0.670. The van der Waals surface area contributed by atoms with Crippen molar-refractivity contribution in [1.29, 1.82) is 0 Å². The summed E-state index contributed by atoms with van der Waals surface area (Å²) in [6, 6.07) is 1.49. The van der Waals surface area contributed by atoms with Crippen molar-refractivity contribution in [2.75, 3.05) is 5.88 Å². The van der Waals surface area contributed by atoms with Gasteiger partial charge in [0, 0.05) is 24.2 Å². The van der Waals surface area contributed by atoms with Crippen LogP contribution in [0, 0.1) is 5.82 Å². The molecule has 0 radical (unpaired) electrons. The van der Waals surface area contributed by atoms with E-state index in [-0.39, 0.29) is 11.4 Å². The molecule has 1 heterocycles. The largest absolute Gasteiger partial charge is 0.306 e. The normalized spacial score (nSPS) is 18.1. The fraction of sp³-hybridized carbons (Fsp3) is 0.500. The summed E-state index contributed by atoms with van der Waals surface area (Å²) in [6.07, 6.45) is 5.09. The van der Waals surface area contributed by atoms with Gasteiger partial charge in [-0.3, -0.25) is 4.98 Å². The summed E-state index contributed by atoms with van der Waals surface area (Å²) in [6.45, 7) is 0.636. The minimum absolute atomic E-state index is 0.105. The number of pyridine rings is 1. The molecule has 1 N–H and O–H groups in total. The van der Waals surface area contributed by atoms with E-state index in [0.717, 1.165) is 18.4 Å². The van der Waals surface area contributed by atoms with Crippen molar-refractivity contribution in [3.8, 4) is 0 Å². The SMILES string of the molecule is Fc1cncc(CNC2(CCl)CC2)c1. The summed E-state index contributed by atoms with van der Waals surface area (Å²) in [5.74, 6) is 0.329. The maximum absolute atomic E-state index is 12.8. The first-order chi connectivity index (χ1) is 6.74. The fourth-order valence-corrected chi connectivity index (χ4v) is 1.71. The van der Waals surface area contributed by atoms with E-state index < -0.39 is 0 Å². The Balaban J connectivity index is 1.92. The zero-order valence-electron chi connectivity index (χ0n) is 7.76. The number of nitrogens with one attached hydrogen (secondary N) is 1. The zero-order chi connectivity index (χ0) is 10.0. The molecule has 1 aromatic rings. The molecule has 76 valence electrons. The van der Waals surface area contributed by atoms with Crippen molar-refractivity contribution in [1.82, 2.24) is 10.3 Å². The molecule has 14 heavy (non-hydrogen) atoms. The Kier molecular flexibility index (Phi) is 2.70. The Morgan fingerprint density at radius 2 is 2.29 bits per heavy atom. The minimum atomic E-state index is -0.292. The molecular formula is C10H12ClFN2. The van der Waals surface area contributed by atoms with Gasteiger partial charge in [-0.05, 0) is 24.5 Å². The molecule has 0 unspecified atom stereocenters. The lowest BCUT2D eigenvalue weighted by Gasteiger charge is -2.13. The molecule has 0 aromatic carbocycles. The highest BCUT2D eigenvalue weighted by atomic mass is 35.5. The van der Waals surface area contributed by atoms with Gasteiger partial charge in [0.25, 0.3) is 0 Å². The quantitative estimate of drug-likeness (QED) is 0.777. The van der Waals surface area contributed by atoms with E-state index in [4.69, 9.17) is 11.6 Å². The lowest BCUT2D eigenvalue weighted by molar-refractivity contribution is 0.538. The second kappa shape index (κ2) is 3.83. The topological polar surface area (TPSA) is 24.9 Å². The van der Waals surface area contributed by atoms with Gasteiger partial charge in [-0.15, -0.1) is 11.6 Å². The van der Waals surface area contributed by atoms with Crippen LogP contribution in [0.15, 0.2) is 18.5 Å². The van der Waals surface area contributed by atoms with Crippen LogP contribution in [-0.4, -0.2) is 16.4 Å². The molecule has 0 amide bonds. The molecule has 0 bridgehead atoms. The lowest BCUT2D eigenvalue weighted by Crippen LogP contribution is -2.32. The first-order valence-electron chi connectivity index (χ1n) is 4.65. The van der Waals surface area contributed by atoms with E-state index in [0.29, 0.717) is 12.4 Å². The fourth-order valence-electron chi connectivity index (χ4n) is 1.35. The van der Waals surface area contributed by atoms with Crippen LogP contribution in [0.4, 0.5) is 4.39 Å². The Labute approximate surface area is 87.5 Å². The van der Waals surface area contributed by atoms with Crippen molar-refractivity contribution in [2.24, 2.45) is 0 Å². The number of hydrogen-bond acceptors (Lipinski definition) is 2. The van der Waals surface area contributed by atoms with Crippen LogP contribution < -0.4 is 5.32 Å². The Bertz CT molecular complexity index is 326. The zero-order valence-corrected chi connectivity index (χ0v) is 8.52. The number of halogens is 2. The van der Waals surface area contributed by atoms with Crippen molar-refractivity contribution >= 4 is 11.6 Å². The lowest BCUT2D eigenvalue weighted by atomic mass is 10.2. The maximum atomic E-state index is 12.8. The van der Waals surface area contributed by atoms with Crippen LogP contribution in [-0.2, 0) is 6.54 Å². The molecule has 0 spiro atoms. The molecule has 1 fully saturated rings. The van der Waals surface area contributed by atoms with Gasteiger partial charge in [-0.2, -0.15) is 0 Å². The first-order valence-corrected chi connectivity index (χ1v) is 5.18. The van der Waals surface area contributed by atoms with E-state index in [1.165, 1.54) is 12.3 Å². The third kappa shape index (κ3) is 2.22. The molecule has 0 saturated heterocycles. The number of hydrogen-bond donors (Lipinski definition) is 1. The molecule has 0 atom stereocenters. The molecule has 1 aromatic heterocycles. The third-order valence-corrected chi connectivity index (χ3v) is 3.05. The molecule has 1 saturated carbocycles. The van der Waals surface area contributed by atoms with Gasteiger partial charge in [0.05, 0.1) is 6.20 Å². The van der Waals surface area contributed by atoms with Gasteiger partial charge < -0.3 is 5.32 Å². The smallest absolute Gasteiger partial charge is 0.141 e. The van der Waals surface area contributed by atoms with Crippen LogP contribution >= 0.6 is 11.6 Å². The third-order valence-electron chi connectivity index (χ3n) is 2.54. The number of rotatable bonds is 4. The van der Waals surface area contributed by atoms with E-state index >= 15 is 0 Å². The molecule has 1 aliphatic carbocycles. The monoisotopic (exact) mass is 214 g/mol. The van der Waals surface area contributed by atoms with Crippen LogP contribution in [0.2, 0.25) is 0 Å². The van der Waals surface area contributed by atoms with E-state index in [1.54, 1.807) is 6.20 Å². The van der Waals surface area contributed by atoms with Gasteiger partial charge in [0.15, 0.2) is 0 Å². The number of nitrogens with zero attached hydrogens (tertiary/aromatic N) is 1. The van der Waals surface area contributed by atoms with Crippen molar-refractivity contribution in [3.05, 3.63) is 29.8 Å². The minimum Gasteiger partial charge on any atom is -0.306 e. The van der Waals surface area contributed by atoms with Gasteiger partial charge in [0.2, 0.25) is 0 Å². The molecule has 4 heteroatoms. The molecule has 1 aliphatic rings. The van der Waals surface area contributed by atoms with Crippen LogP contribution in [0.3, 0.4) is 0 Å². The highest BCUT2D eigenvalue weighted by Crippen LogP contribution is 2.36. The molecule has 0 aliphatic heterocycles. The predicted octanol–water partition coefficient (Wildman–Crippen LogP) is 2.08. The summed E-state index contributed by atoms with van der Waals surface area (Å²) in [7, 11) is 0. The van der Waals surface area contributed by atoms with Gasteiger partial charge in [-0.25, -0.2) is 4.39 Å². The Morgan fingerprint density at radius 3 is 2.86 bits per heavy atom. The second-order valence-corrected chi connectivity index (χ2v) is 4.05. The summed E-state index contributed by atoms with van der Waals surface area (Å²) in [5.41, 5.74) is 0.967. The number of alkyl halides is 1. The van der Waals surface area contributed by atoms with Crippen molar-refractivity contribution in [3.63, 3.8) is 0 Å². The summed E-state index contributed by atoms with van der Waals surface area (Å²) in [5, 5.41) is 3.32. The van der Waals surface area contributed by atoms with Gasteiger partial charge >= 0.3 is 0 Å². The second-order valence-electron chi connectivity index (χ2n) is 3.78. The predicted molar refractivity (Wildman–Crippen MR) is 53.7 cm³/mol. The molecular weight excluding hydrogens is 203 g/mol. The van der Waals surface area contributed by atoms with E-state index in [9.17, 15) is 4.39 Å². The standard InChI is InChI=1S/C10H12ClFN2/c11-7-10(1-2-10)14-5-8-3-9(12)6-13-4-8/h3-4,6,14H,1-2,5,7H2. The van der Waals surface area contributed by atoms with Gasteiger partial charge in [-0.1, -0.05) is 0 Å². The van der Waals surface area contributed by atoms with Crippen LogP contribution in [0.25, 0.3) is 0 Å². The maximum Gasteiger partial charge on any atom is 0.141 e. The van der Waals surface area contributed by atoms with Gasteiger partial charge in [0.1, 0.15) is 5.82 Å².